The number of halogens is 2. The summed E-state index contributed by atoms with van der Waals surface area (Å²) < 4.78 is 0. The van der Waals surface area contributed by atoms with Gasteiger partial charge in [0.25, 0.3) is 0 Å². The van der Waals surface area contributed by atoms with Gasteiger partial charge in [0.15, 0.2) is 17.2 Å². The summed E-state index contributed by atoms with van der Waals surface area (Å²) in [6.07, 6.45) is 0. The fourth-order valence-electron chi connectivity index (χ4n) is 4.37. The van der Waals surface area contributed by atoms with E-state index >= 15 is 0 Å². The van der Waals surface area contributed by atoms with Gasteiger partial charge >= 0.3 is 5.97 Å². The van der Waals surface area contributed by atoms with Gasteiger partial charge in [-0.05, 0) is 36.4 Å². The van der Waals surface area contributed by atoms with Gasteiger partial charge < -0.3 is 62.1 Å². The minimum atomic E-state index is -1.29. The van der Waals surface area contributed by atoms with E-state index in [1.165, 1.54) is 12.1 Å². The van der Waals surface area contributed by atoms with Crippen molar-refractivity contribution in [2.75, 3.05) is 63.1 Å². The number of nitrogens with one attached hydrogen (secondary N) is 4. The number of anilines is 2. The van der Waals surface area contributed by atoms with E-state index in [9.17, 15) is 24.6 Å². The van der Waals surface area contributed by atoms with Gasteiger partial charge in [-0.3, -0.25) is 9.59 Å². The van der Waals surface area contributed by atoms with Crippen molar-refractivity contribution in [2.24, 2.45) is 0 Å². The summed E-state index contributed by atoms with van der Waals surface area (Å²) in [4.78, 5) is 37.1. The molecule has 0 aliphatic heterocycles. The zero-order valence-corrected chi connectivity index (χ0v) is 25.9. The van der Waals surface area contributed by atoms with Crippen molar-refractivity contribution in [2.45, 2.75) is 0 Å². The van der Waals surface area contributed by atoms with E-state index in [-0.39, 0.29) is 77.3 Å². The molecule has 4 rings (SSSR count). The predicted molar refractivity (Wildman–Crippen MR) is 173 cm³/mol. The highest BCUT2D eigenvalue weighted by Crippen LogP contribution is 2.42. The molecule has 46 heavy (non-hydrogen) atoms. The number of aliphatic hydroxyl groups excluding tert-OH is 2. The normalized spacial score (nSPS) is 11.2. The summed E-state index contributed by atoms with van der Waals surface area (Å²) >= 11 is 0. The Bertz CT molecular complexity index is 1440. The Morgan fingerprint density at radius 1 is 0.565 bits per heavy atom. The molecule has 0 aromatic heterocycles. The first-order chi connectivity index (χ1) is 21.0. The lowest BCUT2D eigenvalue weighted by Crippen LogP contribution is -2.28. The quantitative estimate of drug-likeness (QED) is 0.0536. The standard InChI is InChI=1S/C22H28N4O6.C7H6O5.2ClH/c27-11-9-23-5-7-25-13-1-2-14(26-8-6-24-10-12-28)18-17(13)21(31)19-15(29)3-4-16(30)20(19)22(18)32;8-4-1-3(7(11)12)2-5(9)6(4)10;;/h1-4,23-30H,5-12H2;1-2,8-10H,(H,11,12);2*1H. The van der Waals surface area contributed by atoms with Gasteiger partial charge in [0.2, 0.25) is 11.6 Å². The average molecular weight is 688 g/mol. The third kappa shape index (κ3) is 9.26. The first-order valence-electron chi connectivity index (χ1n) is 13.4. The van der Waals surface area contributed by atoms with Crippen molar-refractivity contribution in [1.29, 1.82) is 0 Å². The number of carbonyl (C=O) groups excluding carboxylic acids is 2. The third-order valence-electron chi connectivity index (χ3n) is 6.40. The number of aliphatic hydroxyl groups is 2. The van der Waals surface area contributed by atoms with Crippen LogP contribution in [0.5, 0.6) is 28.7 Å². The number of phenols is 5. The molecule has 0 spiro atoms. The van der Waals surface area contributed by atoms with Crippen molar-refractivity contribution in [1.82, 2.24) is 10.6 Å². The number of fused-ring (bicyclic) bond motifs is 2. The third-order valence-corrected chi connectivity index (χ3v) is 6.40. The molecule has 0 saturated carbocycles. The molecule has 0 heterocycles. The molecule has 0 atom stereocenters. The molecule has 17 heteroatoms. The summed E-state index contributed by atoms with van der Waals surface area (Å²) in [5, 5.41) is 85.5. The van der Waals surface area contributed by atoms with Crippen molar-refractivity contribution < 1.29 is 55.2 Å². The number of phenolic OH excluding ortho intramolecular Hbond substituents is 5. The van der Waals surface area contributed by atoms with Crippen LogP contribution in [0, 0.1) is 0 Å². The highest BCUT2D eigenvalue weighted by molar-refractivity contribution is 6.33. The Labute approximate surface area is 275 Å². The van der Waals surface area contributed by atoms with Crippen LogP contribution in [-0.4, -0.2) is 111 Å². The lowest BCUT2D eigenvalue weighted by Gasteiger charge is -2.25. The van der Waals surface area contributed by atoms with E-state index in [1.54, 1.807) is 12.1 Å². The van der Waals surface area contributed by atoms with Gasteiger partial charge in [0.1, 0.15) is 11.5 Å². The second kappa shape index (κ2) is 18.5. The Balaban J connectivity index is 0.000000640. The van der Waals surface area contributed by atoms with Crippen LogP contribution in [0.3, 0.4) is 0 Å². The maximum atomic E-state index is 13.4. The molecule has 0 fully saturated rings. The maximum Gasteiger partial charge on any atom is 0.335 e. The zero-order valence-electron chi connectivity index (χ0n) is 24.2. The van der Waals surface area contributed by atoms with E-state index in [0.29, 0.717) is 50.6 Å². The van der Waals surface area contributed by atoms with E-state index in [0.717, 1.165) is 12.1 Å². The number of rotatable bonds is 13. The summed E-state index contributed by atoms with van der Waals surface area (Å²) in [7, 11) is 0. The zero-order chi connectivity index (χ0) is 32.4. The first-order valence-corrected chi connectivity index (χ1v) is 13.4. The number of aromatic carboxylic acids is 1. The molecule has 3 aromatic rings. The topological polar surface area (TPSA) is 261 Å². The number of carboxylic acid groups (broad SMARTS) is 1. The number of carbonyl (C=O) groups is 3. The first kappa shape index (κ1) is 39.5. The van der Waals surface area contributed by atoms with E-state index in [1.807, 2.05) is 0 Å². The van der Waals surface area contributed by atoms with Crippen molar-refractivity contribution in [3.8, 4) is 28.7 Å². The van der Waals surface area contributed by atoms with Gasteiger partial charge in [-0.15, -0.1) is 24.8 Å². The summed E-state index contributed by atoms with van der Waals surface area (Å²) in [5.74, 6) is -5.19. The molecular weight excluding hydrogens is 651 g/mol. The van der Waals surface area contributed by atoms with Crippen molar-refractivity contribution in [3.63, 3.8) is 0 Å². The monoisotopic (exact) mass is 686 g/mol. The van der Waals surface area contributed by atoms with Crippen LogP contribution in [0.15, 0.2) is 36.4 Å². The number of hydrogen-bond acceptors (Lipinski definition) is 14. The summed E-state index contributed by atoms with van der Waals surface area (Å²) in [6, 6.07) is 7.43. The Morgan fingerprint density at radius 3 is 1.30 bits per heavy atom. The summed E-state index contributed by atoms with van der Waals surface area (Å²) in [6.45, 7) is 2.81. The molecule has 0 radical (unpaired) electrons. The fraction of sp³-hybridized carbons (Fsp3) is 0.276. The van der Waals surface area contributed by atoms with Crippen LogP contribution in [0.1, 0.15) is 42.2 Å². The molecule has 12 N–H and O–H groups in total. The highest BCUT2D eigenvalue weighted by atomic mass is 35.5. The minimum Gasteiger partial charge on any atom is -0.507 e. The van der Waals surface area contributed by atoms with E-state index in [2.05, 4.69) is 21.3 Å². The van der Waals surface area contributed by atoms with Gasteiger partial charge in [-0.1, -0.05) is 0 Å². The molecule has 0 unspecified atom stereocenters. The van der Waals surface area contributed by atoms with Gasteiger partial charge in [0, 0.05) is 50.6 Å². The van der Waals surface area contributed by atoms with Crippen molar-refractivity contribution >= 4 is 53.7 Å². The van der Waals surface area contributed by atoms with Crippen molar-refractivity contribution in [3.05, 3.63) is 64.2 Å². The molecule has 1 aliphatic rings. The fourth-order valence-corrected chi connectivity index (χ4v) is 4.37. The molecule has 0 saturated heterocycles. The van der Waals surface area contributed by atoms with E-state index in [4.69, 9.17) is 30.6 Å². The molecule has 1 aliphatic carbocycles. The van der Waals surface area contributed by atoms with Crippen LogP contribution in [0.25, 0.3) is 0 Å². The molecule has 0 bridgehead atoms. The Hall–Kier alpha value is -4.51. The van der Waals surface area contributed by atoms with Crippen LogP contribution in [0.2, 0.25) is 0 Å². The van der Waals surface area contributed by atoms with Gasteiger partial charge in [-0.2, -0.15) is 0 Å². The molecule has 3 aromatic carbocycles. The summed E-state index contributed by atoms with van der Waals surface area (Å²) in [5.41, 5.74) is 0.389. The molecule has 252 valence electrons. The maximum absolute atomic E-state index is 13.4. The largest absolute Gasteiger partial charge is 0.507 e. The van der Waals surface area contributed by atoms with Crippen LogP contribution < -0.4 is 21.3 Å². The number of benzene rings is 3. The Morgan fingerprint density at radius 2 is 0.957 bits per heavy atom. The molecule has 0 amide bonds. The molecule has 15 nitrogen and oxygen atoms in total. The van der Waals surface area contributed by atoms with Crippen LogP contribution in [-0.2, 0) is 0 Å². The van der Waals surface area contributed by atoms with E-state index < -0.39 is 34.8 Å². The average Bonchev–Trinajstić information content (AvgIpc) is 2.99. The number of ketones is 2. The van der Waals surface area contributed by atoms with Gasteiger partial charge in [-0.25, -0.2) is 4.79 Å². The number of aromatic hydroxyl groups is 5. The number of carboxylic acids is 1. The lowest BCUT2D eigenvalue weighted by atomic mass is 9.81. The molecular formula is C29H36Cl2N4O11. The second-order valence-corrected chi connectivity index (χ2v) is 9.39. The van der Waals surface area contributed by atoms with Gasteiger partial charge in [0.05, 0.1) is 41.0 Å². The predicted octanol–water partition coefficient (Wildman–Crippen LogP) is 1.21. The Kier molecular flexibility index (Phi) is 15.9. The van der Waals surface area contributed by atoms with Crippen LogP contribution >= 0.6 is 24.8 Å². The smallest absolute Gasteiger partial charge is 0.335 e. The second-order valence-electron chi connectivity index (χ2n) is 9.39. The highest BCUT2D eigenvalue weighted by Gasteiger charge is 2.37. The SMILES string of the molecule is Cl.Cl.O=C(O)c1cc(O)c(O)c(O)c1.O=C1c2c(O)ccc(O)c2C(=O)c2c(NCCNCCO)ccc(NCCNCCO)c21. The van der Waals surface area contributed by atoms with Crippen LogP contribution in [0.4, 0.5) is 11.4 Å². The lowest BCUT2D eigenvalue weighted by molar-refractivity contribution is 0.0695. The number of hydrogen-bond donors (Lipinski definition) is 12. The minimum absolute atomic E-state index is 0.